The lowest BCUT2D eigenvalue weighted by Crippen LogP contribution is -2.39. The molecule has 0 saturated heterocycles. The largest absolute Gasteiger partial charge is 0.493 e. The van der Waals surface area contributed by atoms with E-state index in [1.165, 1.54) is 5.56 Å². The molecule has 0 amide bonds. The van der Waals surface area contributed by atoms with Gasteiger partial charge in [-0.15, -0.1) is 0 Å². The first-order valence-corrected chi connectivity index (χ1v) is 7.69. The van der Waals surface area contributed by atoms with E-state index in [0.29, 0.717) is 19.6 Å². The van der Waals surface area contributed by atoms with Crippen LogP contribution in [0.2, 0.25) is 0 Å². The van der Waals surface area contributed by atoms with Gasteiger partial charge in [0.2, 0.25) is 0 Å². The number of carbonyl (C=O) groups excluding carboxylic acids is 1. The van der Waals surface area contributed by atoms with Gasteiger partial charge in [0.05, 0.1) is 13.2 Å². The zero-order valence-electron chi connectivity index (χ0n) is 13.6. The van der Waals surface area contributed by atoms with E-state index < -0.39 is 0 Å². The second-order valence-corrected chi connectivity index (χ2v) is 5.09. The maximum absolute atomic E-state index is 11.9. The van der Waals surface area contributed by atoms with Crippen LogP contribution in [0.1, 0.15) is 37.8 Å². The molecule has 0 fully saturated rings. The van der Waals surface area contributed by atoms with Crippen molar-refractivity contribution in [2.45, 2.75) is 46.6 Å². The van der Waals surface area contributed by atoms with Gasteiger partial charge in [0, 0.05) is 6.42 Å². The monoisotopic (exact) mass is 293 g/mol. The highest BCUT2D eigenvalue weighted by Crippen LogP contribution is 2.20. The smallest absolute Gasteiger partial charge is 0.323 e. The van der Waals surface area contributed by atoms with Gasteiger partial charge >= 0.3 is 5.97 Å². The van der Waals surface area contributed by atoms with Gasteiger partial charge in [-0.3, -0.25) is 4.79 Å². The molecule has 1 aromatic carbocycles. The quantitative estimate of drug-likeness (QED) is 0.711. The fourth-order valence-electron chi connectivity index (χ4n) is 2.03. The minimum atomic E-state index is -0.296. The van der Waals surface area contributed by atoms with Crippen molar-refractivity contribution in [3.05, 3.63) is 29.3 Å². The molecule has 0 saturated carbocycles. The van der Waals surface area contributed by atoms with Crippen molar-refractivity contribution in [3.63, 3.8) is 0 Å². The molecule has 0 bridgehead atoms. The van der Waals surface area contributed by atoms with Gasteiger partial charge in [-0.2, -0.15) is 0 Å². The predicted molar refractivity (Wildman–Crippen MR) is 84.7 cm³/mol. The summed E-state index contributed by atoms with van der Waals surface area (Å²) in [7, 11) is 0. The van der Waals surface area contributed by atoms with Crippen LogP contribution in [0.15, 0.2) is 18.2 Å². The zero-order valence-corrected chi connectivity index (χ0v) is 13.6. The van der Waals surface area contributed by atoms with Crippen LogP contribution in [-0.4, -0.2) is 31.8 Å². The molecule has 21 heavy (non-hydrogen) atoms. The molecule has 1 rings (SSSR count). The fraction of sp³-hybridized carbons (Fsp3) is 0.588. The molecule has 0 aliphatic rings. The molecule has 1 aromatic rings. The zero-order chi connectivity index (χ0) is 15.7. The van der Waals surface area contributed by atoms with Gasteiger partial charge in [0.25, 0.3) is 0 Å². The van der Waals surface area contributed by atoms with Gasteiger partial charge in [-0.25, -0.2) is 0 Å². The van der Waals surface area contributed by atoms with Crippen LogP contribution < -0.4 is 10.1 Å². The van der Waals surface area contributed by atoms with Crippen molar-refractivity contribution < 1.29 is 14.3 Å². The Morgan fingerprint density at radius 3 is 2.71 bits per heavy atom. The van der Waals surface area contributed by atoms with Crippen molar-refractivity contribution in [3.8, 4) is 5.75 Å². The van der Waals surface area contributed by atoms with Gasteiger partial charge < -0.3 is 14.8 Å². The fourth-order valence-corrected chi connectivity index (χ4v) is 2.03. The molecule has 0 radical (unpaired) electrons. The van der Waals surface area contributed by atoms with Gasteiger partial charge in [0.15, 0.2) is 0 Å². The van der Waals surface area contributed by atoms with Crippen LogP contribution in [0.3, 0.4) is 0 Å². The van der Waals surface area contributed by atoms with E-state index in [4.69, 9.17) is 9.47 Å². The third-order valence-corrected chi connectivity index (χ3v) is 3.43. The van der Waals surface area contributed by atoms with E-state index in [1.54, 1.807) is 0 Å². The van der Waals surface area contributed by atoms with Crippen LogP contribution in [0.4, 0.5) is 0 Å². The molecule has 1 N–H and O–H groups in total. The SMILES string of the molecule is CCCNC(CCOc1cccc(C)c1C)C(=O)OCC. The maximum Gasteiger partial charge on any atom is 0.323 e. The Hall–Kier alpha value is -1.55. The molecule has 0 aliphatic carbocycles. The summed E-state index contributed by atoms with van der Waals surface area (Å²) in [5, 5.41) is 3.21. The molecule has 0 aliphatic heterocycles. The van der Waals surface area contributed by atoms with E-state index in [9.17, 15) is 4.79 Å². The lowest BCUT2D eigenvalue weighted by atomic mass is 10.1. The Morgan fingerprint density at radius 1 is 1.29 bits per heavy atom. The molecule has 0 heterocycles. The third kappa shape index (κ3) is 5.76. The normalized spacial score (nSPS) is 12.0. The first kappa shape index (κ1) is 17.5. The van der Waals surface area contributed by atoms with Gasteiger partial charge in [-0.1, -0.05) is 19.1 Å². The molecule has 4 nitrogen and oxygen atoms in total. The highest BCUT2D eigenvalue weighted by molar-refractivity contribution is 5.75. The van der Waals surface area contributed by atoms with E-state index >= 15 is 0 Å². The summed E-state index contributed by atoms with van der Waals surface area (Å²) in [6.45, 7) is 9.69. The molecular weight excluding hydrogens is 266 g/mol. The topological polar surface area (TPSA) is 47.6 Å². The van der Waals surface area contributed by atoms with Crippen molar-refractivity contribution in [2.75, 3.05) is 19.8 Å². The van der Waals surface area contributed by atoms with E-state index in [2.05, 4.69) is 25.2 Å². The third-order valence-electron chi connectivity index (χ3n) is 3.43. The Morgan fingerprint density at radius 2 is 2.05 bits per heavy atom. The number of aryl methyl sites for hydroxylation is 1. The van der Waals surface area contributed by atoms with Crippen molar-refractivity contribution in [2.24, 2.45) is 0 Å². The van der Waals surface area contributed by atoms with Gasteiger partial charge in [0.1, 0.15) is 11.8 Å². The van der Waals surface area contributed by atoms with E-state index in [0.717, 1.165) is 24.3 Å². The molecule has 118 valence electrons. The summed E-state index contributed by atoms with van der Waals surface area (Å²) >= 11 is 0. The first-order chi connectivity index (χ1) is 10.1. The summed E-state index contributed by atoms with van der Waals surface area (Å²) in [4.78, 5) is 11.9. The van der Waals surface area contributed by atoms with Crippen LogP contribution >= 0.6 is 0 Å². The highest BCUT2D eigenvalue weighted by Gasteiger charge is 2.18. The Bertz CT molecular complexity index is 446. The number of hydrogen-bond donors (Lipinski definition) is 1. The summed E-state index contributed by atoms with van der Waals surface area (Å²) in [6, 6.07) is 5.71. The lowest BCUT2D eigenvalue weighted by Gasteiger charge is -2.18. The number of ether oxygens (including phenoxy) is 2. The van der Waals surface area contributed by atoms with Crippen molar-refractivity contribution in [1.82, 2.24) is 5.32 Å². The number of esters is 1. The molecule has 0 spiro atoms. The summed E-state index contributed by atoms with van der Waals surface area (Å²) in [6.07, 6.45) is 1.58. The molecule has 4 heteroatoms. The average Bonchev–Trinajstić information content (AvgIpc) is 2.47. The minimum Gasteiger partial charge on any atom is -0.493 e. The molecule has 0 aromatic heterocycles. The molecule has 1 atom stereocenters. The number of rotatable bonds is 9. The molecule has 1 unspecified atom stereocenters. The second-order valence-electron chi connectivity index (χ2n) is 5.09. The van der Waals surface area contributed by atoms with Crippen molar-refractivity contribution >= 4 is 5.97 Å². The Kier molecular flexibility index (Phi) is 7.83. The maximum atomic E-state index is 11.9. The minimum absolute atomic E-state index is 0.199. The van der Waals surface area contributed by atoms with E-state index in [-0.39, 0.29) is 12.0 Å². The van der Waals surface area contributed by atoms with Crippen LogP contribution in [0, 0.1) is 13.8 Å². The van der Waals surface area contributed by atoms with E-state index in [1.807, 2.05) is 26.0 Å². The first-order valence-electron chi connectivity index (χ1n) is 7.69. The summed E-state index contributed by atoms with van der Waals surface area (Å²) < 4.78 is 10.9. The van der Waals surface area contributed by atoms with Crippen molar-refractivity contribution in [1.29, 1.82) is 0 Å². The highest BCUT2D eigenvalue weighted by atomic mass is 16.5. The Balaban J connectivity index is 2.52. The van der Waals surface area contributed by atoms with Crippen LogP contribution in [0.5, 0.6) is 5.75 Å². The standard InChI is InChI=1S/C17H27NO3/c1-5-11-18-15(17(19)20-6-2)10-12-21-16-9-7-8-13(3)14(16)4/h7-9,15,18H,5-6,10-12H2,1-4H3. The summed E-state index contributed by atoms with van der Waals surface area (Å²) in [5.41, 5.74) is 2.35. The number of benzene rings is 1. The van der Waals surface area contributed by atoms with Crippen LogP contribution in [-0.2, 0) is 9.53 Å². The predicted octanol–water partition coefficient (Wildman–Crippen LogP) is 3.00. The second kappa shape index (κ2) is 9.40. The average molecular weight is 293 g/mol. The number of carbonyl (C=O) groups is 1. The van der Waals surface area contributed by atoms with Crippen LogP contribution in [0.25, 0.3) is 0 Å². The Labute approximate surface area is 127 Å². The summed E-state index contributed by atoms with van der Waals surface area (Å²) in [5.74, 6) is 0.684. The number of nitrogens with one attached hydrogen (secondary N) is 1. The molecular formula is C17H27NO3. The lowest BCUT2D eigenvalue weighted by molar-refractivity contribution is -0.146. The number of hydrogen-bond acceptors (Lipinski definition) is 4. The van der Waals surface area contributed by atoms with Gasteiger partial charge in [-0.05, 0) is 50.9 Å².